The van der Waals surface area contributed by atoms with Crippen LogP contribution >= 0.6 is 12.4 Å². The topological polar surface area (TPSA) is 118 Å². The van der Waals surface area contributed by atoms with E-state index < -0.39 is 25.6 Å². The SMILES string of the molecule is CCC(N)(CC)CNS(=O)(=O)c1cccc(S(=O)(=O)NC2CC2)c1.Cl. The van der Waals surface area contributed by atoms with E-state index in [4.69, 9.17) is 5.73 Å². The third-order valence-corrected chi connectivity index (χ3v) is 7.26. The molecule has 0 bridgehead atoms. The number of hydrogen-bond acceptors (Lipinski definition) is 5. The quantitative estimate of drug-likeness (QED) is 0.566. The van der Waals surface area contributed by atoms with Crippen LogP contribution in [0.5, 0.6) is 0 Å². The first-order chi connectivity index (χ1) is 11.1. The van der Waals surface area contributed by atoms with E-state index in [1.807, 2.05) is 13.8 Å². The van der Waals surface area contributed by atoms with Crippen molar-refractivity contribution in [3.8, 4) is 0 Å². The van der Waals surface area contributed by atoms with Crippen LogP contribution in [0, 0.1) is 0 Å². The van der Waals surface area contributed by atoms with Gasteiger partial charge in [-0.15, -0.1) is 12.4 Å². The highest BCUT2D eigenvalue weighted by Gasteiger charge is 2.29. The summed E-state index contributed by atoms with van der Waals surface area (Å²) in [4.78, 5) is -0.141. The maximum absolute atomic E-state index is 12.4. The largest absolute Gasteiger partial charge is 0.324 e. The molecule has 1 aliphatic carbocycles. The highest BCUT2D eigenvalue weighted by Crippen LogP contribution is 2.23. The fourth-order valence-electron chi connectivity index (χ4n) is 2.12. The van der Waals surface area contributed by atoms with Crippen LogP contribution in [-0.2, 0) is 20.0 Å². The van der Waals surface area contributed by atoms with Gasteiger partial charge in [0.05, 0.1) is 9.79 Å². The number of halogens is 1. The average Bonchev–Trinajstić information content (AvgIpc) is 3.36. The molecule has 0 saturated heterocycles. The summed E-state index contributed by atoms with van der Waals surface area (Å²) in [6.07, 6.45) is 2.88. The molecule has 0 aromatic heterocycles. The first kappa shape index (κ1) is 22.3. The summed E-state index contributed by atoms with van der Waals surface area (Å²) in [5, 5.41) is 0. The van der Waals surface area contributed by atoms with Crippen molar-refractivity contribution in [1.29, 1.82) is 0 Å². The Balaban J connectivity index is 0.00000312. The monoisotopic (exact) mass is 411 g/mol. The van der Waals surface area contributed by atoms with Crippen LogP contribution < -0.4 is 15.2 Å². The highest BCUT2D eigenvalue weighted by atomic mass is 35.5. The lowest BCUT2D eigenvalue weighted by molar-refractivity contribution is 0.391. The second-order valence-electron chi connectivity index (χ2n) is 6.26. The Kier molecular flexibility index (Phi) is 7.43. The number of benzene rings is 1. The molecule has 4 N–H and O–H groups in total. The molecule has 25 heavy (non-hydrogen) atoms. The van der Waals surface area contributed by atoms with Crippen LogP contribution in [0.25, 0.3) is 0 Å². The maximum Gasteiger partial charge on any atom is 0.240 e. The van der Waals surface area contributed by atoms with Gasteiger partial charge in [-0.1, -0.05) is 19.9 Å². The molecule has 1 fully saturated rings. The average molecular weight is 412 g/mol. The van der Waals surface area contributed by atoms with Gasteiger partial charge in [-0.25, -0.2) is 26.3 Å². The van der Waals surface area contributed by atoms with Gasteiger partial charge in [-0.3, -0.25) is 0 Å². The molecule has 1 aliphatic rings. The van der Waals surface area contributed by atoms with E-state index in [0.29, 0.717) is 12.8 Å². The normalized spacial score (nSPS) is 15.6. The minimum Gasteiger partial charge on any atom is -0.324 e. The Labute approximate surface area is 156 Å². The Morgan fingerprint density at radius 2 is 1.60 bits per heavy atom. The maximum atomic E-state index is 12.4. The summed E-state index contributed by atoms with van der Waals surface area (Å²) in [6.45, 7) is 3.89. The molecular weight excluding hydrogens is 386 g/mol. The van der Waals surface area contributed by atoms with E-state index in [1.165, 1.54) is 24.3 Å². The van der Waals surface area contributed by atoms with Gasteiger partial charge in [0.15, 0.2) is 0 Å². The molecule has 0 heterocycles. The van der Waals surface area contributed by atoms with Crippen LogP contribution in [0.4, 0.5) is 0 Å². The first-order valence-corrected chi connectivity index (χ1v) is 11.0. The van der Waals surface area contributed by atoms with Gasteiger partial charge in [0.2, 0.25) is 20.0 Å². The second kappa shape index (κ2) is 8.32. The molecule has 10 heteroatoms. The first-order valence-electron chi connectivity index (χ1n) is 8.03. The van der Waals surface area contributed by atoms with Gasteiger partial charge >= 0.3 is 0 Å². The number of nitrogens with one attached hydrogen (secondary N) is 2. The van der Waals surface area contributed by atoms with E-state index >= 15 is 0 Å². The number of sulfonamides is 2. The minimum absolute atomic E-state index is 0. The lowest BCUT2D eigenvalue weighted by Crippen LogP contribution is -2.49. The van der Waals surface area contributed by atoms with Crippen molar-refractivity contribution in [3.63, 3.8) is 0 Å². The Morgan fingerprint density at radius 3 is 2.08 bits per heavy atom. The zero-order valence-electron chi connectivity index (χ0n) is 14.4. The van der Waals surface area contributed by atoms with Crippen LogP contribution in [0.3, 0.4) is 0 Å². The predicted octanol–water partition coefficient (Wildman–Crippen LogP) is 1.34. The molecule has 0 atom stereocenters. The molecule has 1 saturated carbocycles. The number of nitrogens with two attached hydrogens (primary N) is 1. The van der Waals surface area contributed by atoms with Crippen molar-refractivity contribution in [2.45, 2.75) is 60.9 Å². The minimum atomic E-state index is -3.83. The summed E-state index contributed by atoms with van der Waals surface area (Å²) in [5.74, 6) is 0. The molecule has 0 spiro atoms. The van der Waals surface area contributed by atoms with Gasteiger partial charge in [-0.2, -0.15) is 0 Å². The van der Waals surface area contributed by atoms with E-state index in [-0.39, 0.29) is 34.8 Å². The third kappa shape index (κ3) is 5.90. The summed E-state index contributed by atoms with van der Waals surface area (Å²) < 4.78 is 54.4. The third-order valence-electron chi connectivity index (χ3n) is 4.35. The smallest absolute Gasteiger partial charge is 0.240 e. The van der Waals surface area contributed by atoms with Crippen LogP contribution in [0.1, 0.15) is 39.5 Å². The molecule has 1 aromatic carbocycles. The van der Waals surface area contributed by atoms with Crippen molar-refractivity contribution in [2.75, 3.05) is 6.54 Å². The fourth-order valence-corrected chi connectivity index (χ4v) is 4.73. The van der Waals surface area contributed by atoms with Gasteiger partial charge in [0.1, 0.15) is 0 Å². The molecule has 7 nitrogen and oxygen atoms in total. The summed E-state index contributed by atoms with van der Waals surface area (Å²) in [5.41, 5.74) is 5.49. The highest BCUT2D eigenvalue weighted by molar-refractivity contribution is 7.90. The molecule has 0 radical (unpaired) electrons. The second-order valence-corrected chi connectivity index (χ2v) is 9.75. The van der Waals surface area contributed by atoms with E-state index in [0.717, 1.165) is 12.8 Å². The Hall–Kier alpha value is -0.710. The fraction of sp³-hybridized carbons (Fsp3) is 0.600. The Morgan fingerprint density at radius 1 is 1.08 bits per heavy atom. The van der Waals surface area contributed by atoms with Crippen LogP contribution in [-0.4, -0.2) is 35.0 Å². The zero-order valence-corrected chi connectivity index (χ0v) is 16.8. The molecule has 144 valence electrons. The summed E-state index contributed by atoms with van der Waals surface area (Å²) >= 11 is 0. The number of rotatable bonds is 9. The molecule has 2 rings (SSSR count). The van der Waals surface area contributed by atoms with Crippen LogP contribution in [0.2, 0.25) is 0 Å². The summed E-state index contributed by atoms with van der Waals surface area (Å²) in [7, 11) is -7.53. The van der Waals surface area contributed by atoms with Gasteiger partial charge in [-0.05, 0) is 43.9 Å². The Bertz CT molecular complexity index is 789. The zero-order chi connectivity index (χ0) is 18.0. The predicted molar refractivity (Wildman–Crippen MR) is 99.7 cm³/mol. The number of hydrogen-bond donors (Lipinski definition) is 3. The lowest BCUT2D eigenvalue weighted by atomic mass is 9.95. The van der Waals surface area contributed by atoms with Gasteiger partial charge < -0.3 is 5.73 Å². The molecule has 0 aliphatic heterocycles. The van der Waals surface area contributed by atoms with Crippen LogP contribution in [0.15, 0.2) is 34.1 Å². The molecule has 1 aromatic rings. The molecule has 0 amide bonds. The van der Waals surface area contributed by atoms with Crippen molar-refractivity contribution in [2.24, 2.45) is 5.73 Å². The van der Waals surface area contributed by atoms with Crippen molar-refractivity contribution >= 4 is 32.5 Å². The molecule has 0 unspecified atom stereocenters. The van der Waals surface area contributed by atoms with Crippen molar-refractivity contribution < 1.29 is 16.8 Å². The van der Waals surface area contributed by atoms with E-state index in [1.54, 1.807) is 0 Å². The van der Waals surface area contributed by atoms with Gasteiger partial charge in [0.25, 0.3) is 0 Å². The van der Waals surface area contributed by atoms with Crippen molar-refractivity contribution in [1.82, 2.24) is 9.44 Å². The van der Waals surface area contributed by atoms with E-state index in [9.17, 15) is 16.8 Å². The van der Waals surface area contributed by atoms with E-state index in [2.05, 4.69) is 9.44 Å². The van der Waals surface area contributed by atoms with Gasteiger partial charge in [0, 0.05) is 18.1 Å². The lowest BCUT2D eigenvalue weighted by Gasteiger charge is -2.26. The standard InChI is InChI=1S/C15H25N3O4S2.ClH/c1-3-15(16,4-2)11-17-23(19,20)13-6-5-7-14(10-13)24(21,22)18-12-8-9-12;/h5-7,10,12,17-18H,3-4,8-9,11,16H2,1-2H3;1H. The molecular formula is C15H26ClN3O4S2. The summed E-state index contributed by atoms with van der Waals surface area (Å²) in [6, 6.07) is 5.30. The van der Waals surface area contributed by atoms with Crippen molar-refractivity contribution in [3.05, 3.63) is 24.3 Å².